The van der Waals surface area contributed by atoms with Crippen LogP contribution in [0.5, 0.6) is 0 Å². The number of nitrogens with one attached hydrogen (secondary N) is 1. The van der Waals surface area contributed by atoms with Crippen molar-refractivity contribution in [2.75, 3.05) is 13.2 Å². The van der Waals surface area contributed by atoms with E-state index in [4.69, 9.17) is 10.8 Å². The van der Waals surface area contributed by atoms with E-state index in [1.54, 1.807) is 0 Å². The Morgan fingerprint density at radius 3 is 2.59 bits per heavy atom. The number of unbranched alkanes of at least 4 members (excludes halogenated alkanes) is 2. The summed E-state index contributed by atoms with van der Waals surface area (Å²) >= 11 is 0. The van der Waals surface area contributed by atoms with E-state index in [1.165, 1.54) is 0 Å². The molecule has 1 aromatic rings. The Labute approximate surface area is 102 Å². The minimum atomic E-state index is -0.603. The number of amides is 1. The summed E-state index contributed by atoms with van der Waals surface area (Å²) in [5, 5.41) is 11.4. The summed E-state index contributed by atoms with van der Waals surface area (Å²) in [5.74, 6) is -0.153. The molecule has 0 saturated carbocycles. The summed E-state index contributed by atoms with van der Waals surface area (Å²) in [4.78, 5) is 11.7. The quantitative estimate of drug-likeness (QED) is 0.617. The maximum absolute atomic E-state index is 11.7. The number of benzene rings is 1. The van der Waals surface area contributed by atoms with Crippen LogP contribution in [0.1, 0.15) is 30.9 Å². The topological polar surface area (TPSA) is 75.4 Å². The maximum atomic E-state index is 11.7. The highest BCUT2D eigenvalue weighted by atomic mass is 16.2. The van der Waals surface area contributed by atoms with Gasteiger partial charge in [0.2, 0.25) is 5.91 Å². The van der Waals surface area contributed by atoms with Gasteiger partial charge in [0.25, 0.3) is 0 Å². The fourth-order valence-corrected chi connectivity index (χ4v) is 1.55. The van der Waals surface area contributed by atoms with Crippen molar-refractivity contribution in [3.63, 3.8) is 0 Å². The van der Waals surface area contributed by atoms with Crippen molar-refractivity contribution >= 4 is 5.91 Å². The lowest BCUT2D eigenvalue weighted by Crippen LogP contribution is -2.34. The normalized spacial score (nSPS) is 12.1. The first kappa shape index (κ1) is 13.7. The lowest BCUT2D eigenvalue weighted by atomic mass is 10.1. The summed E-state index contributed by atoms with van der Waals surface area (Å²) in [6.45, 7) is 0.816. The molecule has 0 aliphatic carbocycles. The van der Waals surface area contributed by atoms with Crippen molar-refractivity contribution in [3.8, 4) is 0 Å². The standard InChI is InChI=1S/C13H20N2O2/c14-12(11-7-3-1-4-8-11)13(17)15-9-5-2-6-10-16/h1,3-4,7-8,12,16H,2,5-6,9-10,14H2,(H,15,17)/t12-/m0/s1. The second-order valence-electron chi connectivity index (χ2n) is 3.96. The second kappa shape index (κ2) is 7.81. The average molecular weight is 236 g/mol. The average Bonchev–Trinajstić information content (AvgIpc) is 2.38. The Morgan fingerprint density at radius 1 is 1.24 bits per heavy atom. The van der Waals surface area contributed by atoms with Gasteiger partial charge in [-0.15, -0.1) is 0 Å². The third-order valence-electron chi connectivity index (χ3n) is 2.58. The highest BCUT2D eigenvalue weighted by Gasteiger charge is 2.14. The molecule has 4 heteroatoms. The molecule has 0 radical (unpaired) electrons. The zero-order chi connectivity index (χ0) is 12.5. The van der Waals surface area contributed by atoms with E-state index in [0.717, 1.165) is 24.8 Å². The third-order valence-corrected chi connectivity index (χ3v) is 2.58. The molecule has 0 aliphatic rings. The van der Waals surface area contributed by atoms with Gasteiger partial charge in [0.15, 0.2) is 0 Å². The van der Waals surface area contributed by atoms with Crippen LogP contribution >= 0.6 is 0 Å². The van der Waals surface area contributed by atoms with Crippen LogP contribution in [0.2, 0.25) is 0 Å². The molecule has 0 fully saturated rings. The Bertz CT molecular complexity index is 327. The minimum absolute atomic E-state index is 0.153. The van der Waals surface area contributed by atoms with Crippen molar-refractivity contribution < 1.29 is 9.90 Å². The molecule has 4 N–H and O–H groups in total. The predicted octanol–water partition coefficient (Wildman–Crippen LogP) is 0.965. The van der Waals surface area contributed by atoms with E-state index in [-0.39, 0.29) is 12.5 Å². The summed E-state index contributed by atoms with van der Waals surface area (Å²) in [7, 11) is 0. The van der Waals surface area contributed by atoms with Crippen LogP contribution in [0.25, 0.3) is 0 Å². The number of carbonyl (C=O) groups is 1. The molecule has 1 rings (SSSR count). The van der Waals surface area contributed by atoms with Gasteiger partial charge in [-0.25, -0.2) is 0 Å². The van der Waals surface area contributed by atoms with Gasteiger partial charge in [0, 0.05) is 13.2 Å². The van der Waals surface area contributed by atoms with Crippen LogP contribution < -0.4 is 11.1 Å². The van der Waals surface area contributed by atoms with Gasteiger partial charge in [-0.05, 0) is 24.8 Å². The van der Waals surface area contributed by atoms with Crippen LogP contribution in [-0.4, -0.2) is 24.2 Å². The molecular weight excluding hydrogens is 216 g/mol. The van der Waals surface area contributed by atoms with Crippen molar-refractivity contribution in [1.82, 2.24) is 5.32 Å². The SMILES string of the molecule is N[C@H](C(=O)NCCCCCO)c1ccccc1. The van der Waals surface area contributed by atoms with Crippen molar-refractivity contribution in [2.45, 2.75) is 25.3 Å². The monoisotopic (exact) mass is 236 g/mol. The minimum Gasteiger partial charge on any atom is -0.396 e. The number of nitrogens with two attached hydrogens (primary N) is 1. The number of rotatable bonds is 7. The molecule has 1 aromatic carbocycles. The first-order chi connectivity index (χ1) is 8.25. The number of carbonyl (C=O) groups excluding carboxylic acids is 1. The smallest absolute Gasteiger partial charge is 0.241 e. The predicted molar refractivity (Wildman–Crippen MR) is 67.3 cm³/mol. The van der Waals surface area contributed by atoms with E-state index >= 15 is 0 Å². The lowest BCUT2D eigenvalue weighted by molar-refractivity contribution is -0.122. The van der Waals surface area contributed by atoms with Gasteiger partial charge in [-0.2, -0.15) is 0 Å². The van der Waals surface area contributed by atoms with Crippen LogP contribution in [0.3, 0.4) is 0 Å². The molecule has 0 saturated heterocycles. The molecule has 0 unspecified atom stereocenters. The molecule has 1 atom stereocenters. The molecule has 0 aromatic heterocycles. The van der Waals surface area contributed by atoms with Gasteiger partial charge < -0.3 is 16.2 Å². The fraction of sp³-hybridized carbons (Fsp3) is 0.462. The Balaban J connectivity index is 2.28. The molecule has 0 bridgehead atoms. The van der Waals surface area contributed by atoms with Gasteiger partial charge in [0.1, 0.15) is 6.04 Å². The van der Waals surface area contributed by atoms with Gasteiger partial charge in [-0.1, -0.05) is 30.3 Å². The van der Waals surface area contributed by atoms with Crippen LogP contribution in [-0.2, 0) is 4.79 Å². The number of aliphatic hydroxyl groups excluding tert-OH is 1. The van der Waals surface area contributed by atoms with E-state index in [2.05, 4.69) is 5.32 Å². The molecule has 1 amide bonds. The van der Waals surface area contributed by atoms with E-state index in [1.807, 2.05) is 30.3 Å². The summed E-state index contributed by atoms with van der Waals surface area (Å²) in [5.41, 5.74) is 6.65. The van der Waals surface area contributed by atoms with Crippen molar-refractivity contribution in [2.24, 2.45) is 5.73 Å². The zero-order valence-corrected chi connectivity index (χ0v) is 9.93. The Hall–Kier alpha value is -1.39. The van der Waals surface area contributed by atoms with Crippen LogP contribution in [0, 0.1) is 0 Å². The van der Waals surface area contributed by atoms with Gasteiger partial charge >= 0.3 is 0 Å². The second-order valence-corrected chi connectivity index (χ2v) is 3.96. The molecular formula is C13H20N2O2. The fourth-order valence-electron chi connectivity index (χ4n) is 1.55. The van der Waals surface area contributed by atoms with Gasteiger partial charge in [0.05, 0.1) is 0 Å². The molecule has 0 heterocycles. The van der Waals surface area contributed by atoms with Crippen molar-refractivity contribution in [1.29, 1.82) is 0 Å². The number of aliphatic hydroxyl groups is 1. The molecule has 94 valence electrons. The number of hydrogen-bond donors (Lipinski definition) is 3. The maximum Gasteiger partial charge on any atom is 0.241 e. The van der Waals surface area contributed by atoms with Crippen LogP contribution in [0.15, 0.2) is 30.3 Å². The van der Waals surface area contributed by atoms with E-state index in [9.17, 15) is 4.79 Å². The summed E-state index contributed by atoms with van der Waals surface area (Å²) in [6.07, 6.45) is 2.56. The molecule has 17 heavy (non-hydrogen) atoms. The highest BCUT2D eigenvalue weighted by molar-refractivity contribution is 5.82. The Morgan fingerprint density at radius 2 is 1.94 bits per heavy atom. The first-order valence-electron chi connectivity index (χ1n) is 5.95. The lowest BCUT2D eigenvalue weighted by Gasteiger charge is -2.12. The van der Waals surface area contributed by atoms with Crippen molar-refractivity contribution in [3.05, 3.63) is 35.9 Å². The summed E-state index contributed by atoms with van der Waals surface area (Å²) in [6, 6.07) is 8.71. The highest BCUT2D eigenvalue weighted by Crippen LogP contribution is 2.09. The number of hydrogen-bond acceptors (Lipinski definition) is 3. The van der Waals surface area contributed by atoms with Crippen LogP contribution in [0.4, 0.5) is 0 Å². The zero-order valence-electron chi connectivity index (χ0n) is 9.93. The molecule has 4 nitrogen and oxygen atoms in total. The molecule has 0 aliphatic heterocycles. The first-order valence-corrected chi connectivity index (χ1v) is 5.95. The summed E-state index contributed by atoms with van der Waals surface area (Å²) < 4.78 is 0. The largest absolute Gasteiger partial charge is 0.396 e. The van der Waals surface area contributed by atoms with E-state index in [0.29, 0.717) is 6.54 Å². The van der Waals surface area contributed by atoms with Gasteiger partial charge in [-0.3, -0.25) is 4.79 Å². The molecule has 0 spiro atoms. The Kier molecular flexibility index (Phi) is 6.29. The van der Waals surface area contributed by atoms with E-state index < -0.39 is 6.04 Å². The third kappa shape index (κ3) is 4.97.